The van der Waals surface area contributed by atoms with Gasteiger partial charge in [-0.1, -0.05) is 23.2 Å². The number of carbonyl (C=O) groups is 1. The number of ketones is 1. The molecule has 1 aromatic heterocycles. The highest BCUT2D eigenvalue weighted by atomic mass is 35.5. The van der Waals surface area contributed by atoms with E-state index in [2.05, 4.69) is 4.98 Å². The van der Waals surface area contributed by atoms with Crippen molar-refractivity contribution in [3.8, 4) is 0 Å². The standard InChI is InChI=1S/C15H14Cl2N2O/c16-10-5-6-11(12(17)7-10)15(20)8-19-9-18-13-3-1-2-4-14(13)19/h5-7,9H,1-4,8H2. The number of carbonyl (C=O) groups excluding carboxylic acids is 1. The van der Waals surface area contributed by atoms with Gasteiger partial charge in [0.1, 0.15) is 0 Å². The van der Waals surface area contributed by atoms with Gasteiger partial charge in [-0.15, -0.1) is 0 Å². The molecule has 1 aliphatic rings. The van der Waals surface area contributed by atoms with Gasteiger partial charge >= 0.3 is 0 Å². The molecule has 2 aromatic rings. The summed E-state index contributed by atoms with van der Waals surface area (Å²) < 4.78 is 1.95. The van der Waals surface area contributed by atoms with Crippen molar-refractivity contribution in [2.24, 2.45) is 0 Å². The van der Waals surface area contributed by atoms with Crippen LogP contribution >= 0.6 is 23.2 Å². The average Bonchev–Trinajstić information content (AvgIpc) is 2.82. The van der Waals surface area contributed by atoms with Gasteiger partial charge in [0.25, 0.3) is 0 Å². The molecule has 1 heterocycles. The second-order valence-corrected chi connectivity index (χ2v) is 5.86. The number of halogens is 2. The Hall–Kier alpha value is -1.32. The fourth-order valence-electron chi connectivity index (χ4n) is 2.62. The molecule has 0 radical (unpaired) electrons. The minimum atomic E-state index is -0.0163. The first-order valence-electron chi connectivity index (χ1n) is 6.66. The summed E-state index contributed by atoms with van der Waals surface area (Å²) in [6.07, 6.45) is 6.11. The third kappa shape index (κ3) is 2.60. The fourth-order valence-corrected chi connectivity index (χ4v) is 3.14. The molecule has 1 aromatic carbocycles. The molecule has 0 atom stereocenters. The third-order valence-electron chi connectivity index (χ3n) is 3.66. The number of rotatable bonds is 3. The molecule has 0 bridgehead atoms. The molecular weight excluding hydrogens is 295 g/mol. The van der Waals surface area contributed by atoms with Crippen LogP contribution in [-0.4, -0.2) is 15.3 Å². The SMILES string of the molecule is O=C(Cn1cnc2c1CCCC2)c1ccc(Cl)cc1Cl. The first kappa shape index (κ1) is 13.7. The number of nitrogens with zero attached hydrogens (tertiary/aromatic N) is 2. The van der Waals surface area contributed by atoms with Gasteiger partial charge in [0, 0.05) is 16.3 Å². The number of Topliss-reactive ketones (excluding diaryl/α,β-unsaturated/α-hetero) is 1. The van der Waals surface area contributed by atoms with Gasteiger partial charge in [0.2, 0.25) is 0 Å². The zero-order chi connectivity index (χ0) is 14.1. The van der Waals surface area contributed by atoms with Crippen LogP contribution in [0.3, 0.4) is 0 Å². The number of aromatic nitrogens is 2. The van der Waals surface area contributed by atoms with Gasteiger partial charge in [-0.2, -0.15) is 0 Å². The van der Waals surface area contributed by atoms with Gasteiger partial charge in [-0.3, -0.25) is 4.79 Å². The van der Waals surface area contributed by atoms with Gasteiger partial charge in [0.15, 0.2) is 5.78 Å². The Balaban J connectivity index is 1.84. The summed E-state index contributed by atoms with van der Waals surface area (Å²) in [7, 11) is 0. The average molecular weight is 309 g/mol. The maximum atomic E-state index is 12.4. The summed E-state index contributed by atoms with van der Waals surface area (Å²) in [5.74, 6) is -0.0163. The topological polar surface area (TPSA) is 34.9 Å². The molecule has 0 amide bonds. The molecule has 104 valence electrons. The molecule has 1 aliphatic carbocycles. The molecule has 0 saturated carbocycles. The molecular formula is C15H14Cl2N2O. The minimum Gasteiger partial charge on any atom is -0.327 e. The first-order chi connectivity index (χ1) is 9.65. The number of fused-ring (bicyclic) bond motifs is 1. The van der Waals surface area contributed by atoms with E-state index in [0.29, 0.717) is 15.6 Å². The molecule has 0 aliphatic heterocycles. The van der Waals surface area contributed by atoms with Crippen LogP contribution in [0.25, 0.3) is 0 Å². The maximum absolute atomic E-state index is 12.4. The van der Waals surface area contributed by atoms with Crippen molar-refractivity contribution in [2.75, 3.05) is 0 Å². The highest BCUT2D eigenvalue weighted by Crippen LogP contribution is 2.23. The lowest BCUT2D eigenvalue weighted by Crippen LogP contribution is -2.14. The third-order valence-corrected chi connectivity index (χ3v) is 4.20. The fraction of sp³-hybridized carbons (Fsp3) is 0.333. The largest absolute Gasteiger partial charge is 0.327 e. The van der Waals surface area contributed by atoms with Gasteiger partial charge < -0.3 is 4.57 Å². The van der Waals surface area contributed by atoms with Crippen LogP contribution in [-0.2, 0) is 19.4 Å². The molecule has 3 nitrogen and oxygen atoms in total. The highest BCUT2D eigenvalue weighted by Gasteiger charge is 2.18. The van der Waals surface area contributed by atoms with Crippen LogP contribution < -0.4 is 0 Å². The van der Waals surface area contributed by atoms with E-state index in [4.69, 9.17) is 23.2 Å². The lowest BCUT2D eigenvalue weighted by atomic mass is 10.0. The normalized spacial score (nSPS) is 14.1. The van der Waals surface area contributed by atoms with E-state index in [1.165, 1.54) is 12.1 Å². The summed E-state index contributed by atoms with van der Waals surface area (Å²) in [4.78, 5) is 16.8. The number of benzene rings is 1. The summed E-state index contributed by atoms with van der Waals surface area (Å²) in [6, 6.07) is 4.96. The van der Waals surface area contributed by atoms with Crippen molar-refractivity contribution in [3.63, 3.8) is 0 Å². The predicted octanol–water partition coefficient (Wildman–Crippen LogP) is 3.95. The lowest BCUT2D eigenvalue weighted by Gasteiger charge is -2.13. The highest BCUT2D eigenvalue weighted by molar-refractivity contribution is 6.36. The Kier molecular flexibility index (Phi) is 3.81. The molecule has 5 heteroatoms. The Bertz CT molecular complexity index is 664. The molecule has 0 fully saturated rings. The van der Waals surface area contributed by atoms with E-state index in [-0.39, 0.29) is 12.3 Å². The van der Waals surface area contributed by atoms with Crippen molar-refractivity contribution in [1.29, 1.82) is 0 Å². The van der Waals surface area contributed by atoms with Crippen LogP contribution in [0.5, 0.6) is 0 Å². The van der Waals surface area contributed by atoms with Crippen LogP contribution in [0.2, 0.25) is 10.0 Å². The Morgan fingerprint density at radius 1 is 1.25 bits per heavy atom. The van der Waals surface area contributed by atoms with E-state index in [0.717, 1.165) is 25.0 Å². The van der Waals surface area contributed by atoms with E-state index in [1.807, 2.05) is 4.57 Å². The Morgan fingerprint density at radius 2 is 2.05 bits per heavy atom. The monoisotopic (exact) mass is 308 g/mol. The number of aryl methyl sites for hydroxylation is 1. The predicted molar refractivity (Wildman–Crippen MR) is 79.7 cm³/mol. The van der Waals surface area contributed by atoms with Crippen molar-refractivity contribution in [3.05, 3.63) is 51.5 Å². The second-order valence-electron chi connectivity index (χ2n) is 5.02. The van der Waals surface area contributed by atoms with Crippen molar-refractivity contribution in [2.45, 2.75) is 32.2 Å². The van der Waals surface area contributed by atoms with Gasteiger partial charge in [-0.05, 0) is 43.9 Å². The summed E-state index contributed by atoms with van der Waals surface area (Å²) >= 11 is 11.9. The van der Waals surface area contributed by atoms with Gasteiger partial charge in [0.05, 0.1) is 23.6 Å². The van der Waals surface area contributed by atoms with Crippen molar-refractivity contribution in [1.82, 2.24) is 9.55 Å². The molecule has 0 N–H and O–H groups in total. The van der Waals surface area contributed by atoms with E-state index in [9.17, 15) is 4.79 Å². The molecule has 0 spiro atoms. The number of hydrogen-bond acceptors (Lipinski definition) is 2. The first-order valence-corrected chi connectivity index (χ1v) is 7.42. The maximum Gasteiger partial charge on any atom is 0.184 e. The molecule has 20 heavy (non-hydrogen) atoms. The Labute approximate surface area is 127 Å². The lowest BCUT2D eigenvalue weighted by molar-refractivity contribution is 0.0971. The summed E-state index contributed by atoms with van der Waals surface area (Å²) in [5.41, 5.74) is 2.83. The molecule has 3 rings (SSSR count). The van der Waals surface area contributed by atoms with Crippen molar-refractivity contribution >= 4 is 29.0 Å². The van der Waals surface area contributed by atoms with E-state index in [1.54, 1.807) is 24.5 Å². The summed E-state index contributed by atoms with van der Waals surface area (Å²) in [5, 5.41) is 0.933. The smallest absolute Gasteiger partial charge is 0.184 e. The second kappa shape index (κ2) is 5.58. The van der Waals surface area contributed by atoms with E-state index < -0.39 is 0 Å². The van der Waals surface area contributed by atoms with Crippen LogP contribution in [0.4, 0.5) is 0 Å². The van der Waals surface area contributed by atoms with Crippen molar-refractivity contribution < 1.29 is 4.79 Å². The summed E-state index contributed by atoms with van der Waals surface area (Å²) in [6.45, 7) is 0.281. The molecule has 0 saturated heterocycles. The Morgan fingerprint density at radius 3 is 2.85 bits per heavy atom. The van der Waals surface area contributed by atoms with Gasteiger partial charge in [-0.25, -0.2) is 4.98 Å². The number of hydrogen-bond donors (Lipinski definition) is 0. The zero-order valence-electron chi connectivity index (χ0n) is 10.9. The van der Waals surface area contributed by atoms with Crippen LogP contribution in [0.15, 0.2) is 24.5 Å². The number of imidazole rings is 1. The van der Waals surface area contributed by atoms with Crippen LogP contribution in [0.1, 0.15) is 34.6 Å². The zero-order valence-corrected chi connectivity index (χ0v) is 12.4. The quantitative estimate of drug-likeness (QED) is 0.805. The van der Waals surface area contributed by atoms with Crippen LogP contribution in [0, 0.1) is 0 Å². The minimum absolute atomic E-state index is 0.0163. The van der Waals surface area contributed by atoms with E-state index >= 15 is 0 Å². The molecule has 0 unspecified atom stereocenters.